The molecule has 2 aliphatic rings. The van der Waals surface area contributed by atoms with Crippen molar-refractivity contribution in [2.24, 2.45) is 5.92 Å². The third-order valence-electron chi connectivity index (χ3n) is 5.95. The van der Waals surface area contributed by atoms with E-state index in [0.29, 0.717) is 56.9 Å². The van der Waals surface area contributed by atoms with Gasteiger partial charge in [0.05, 0.1) is 17.7 Å². The Kier molecular flexibility index (Phi) is 6.43. The number of hydrogen-bond acceptors (Lipinski definition) is 5. The molecule has 0 unspecified atom stereocenters. The van der Waals surface area contributed by atoms with Crippen LogP contribution in [0.1, 0.15) is 41.8 Å². The fraction of sp³-hybridized carbons (Fsp3) is 0.455. The van der Waals surface area contributed by atoms with Gasteiger partial charge in [-0.2, -0.15) is 4.31 Å². The molecule has 0 spiro atoms. The van der Waals surface area contributed by atoms with Gasteiger partial charge in [0.15, 0.2) is 0 Å². The summed E-state index contributed by atoms with van der Waals surface area (Å²) in [6, 6.07) is 9.85. The Morgan fingerprint density at radius 2 is 1.77 bits per heavy atom. The first-order chi connectivity index (χ1) is 14.9. The lowest BCUT2D eigenvalue weighted by molar-refractivity contribution is -0.126. The lowest BCUT2D eigenvalue weighted by Gasteiger charge is -2.31. The number of rotatable bonds is 6. The number of nitrogens with one attached hydrogen (secondary N) is 1. The van der Waals surface area contributed by atoms with Crippen molar-refractivity contribution in [3.05, 3.63) is 54.0 Å². The van der Waals surface area contributed by atoms with E-state index in [0.717, 1.165) is 12.8 Å². The molecule has 2 fully saturated rings. The molecular weight excluding hydrogens is 418 g/mol. The number of benzene rings is 1. The molecule has 2 aromatic rings. The van der Waals surface area contributed by atoms with E-state index in [1.807, 2.05) is 0 Å². The Morgan fingerprint density at radius 1 is 1.03 bits per heavy atom. The quantitative estimate of drug-likeness (QED) is 0.735. The molecule has 9 heteroatoms. The van der Waals surface area contributed by atoms with E-state index in [9.17, 15) is 18.0 Å². The van der Waals surface area contributed by atoms with Crippen molar-refractivity contribution in [1.82, 2.24) is 14.5 Å². The molecule has 0 saturated carbocycles. The van der Waals surface area contributed by atoms with Gasteiger partial charge in [0, 0.05) is 37.7 Å². The van der Waals surface area contributed by atoms with Gasteiger partial charge >= 0.3 is 0 Å². The molecule has 3 heterocycles. The van der Waals surface area contributed by atoms with Crippen LogP contribution in [0.2, 0.25) is 0 Å². The molecule has 1 N–H and O–H groups in total. The second-order valence-corrected chi connectivity index (χ2v) is 9.94. The summed E-state index contributed by atoms with van der Waals surface area (Å²) in [6.45, 7) is 2.32. The first kappa shape index (κ1) is 21.6. The van der Waals surface area contributed by atoms with Crippen LogP contribution >= 0.6 is 0 Å². The molecule has 2 saturated heterocycles. The molecule has 0 atom stereocenters. The van der Waals surface area contributed by atoms with E-state index in [4.69, 9.17) is 4.42 Å². The van der Waals surface area contributed by atoms with E-state index in [1.165, 1.54) is 10.4 Å². The first-order valence-electron chi connectivity index (χ1n) is 10.6. The minimum absolute atomic E-state index is 0.0396. The summed E-state index contributed by atoms with van der Waals surface area (Å²) in [5, 5.41) is 2.87. The Bertz CT molecular complexity index is 1020. The van der Waals surface area contributed by atoms with Gasteiger partial charge in [-0.05, 0) is 56.0 Å². The third-order valence-corrected chi connectivity index (χ3v) is 7.85. The molecular formula is C22H27N3O5S. The molecule has 2 aliphatic heterocycles. The number of furan rings is 1. The predicted molar refractivity (Wildman–Crippen MR) is 114 cm³/mol. The summed E-state index contributed by atoms with van der Waals surface area (Å²) in [5.41, 5.74) is 0.362. The molecule has 4 rings (SSSR count). The Labute approximate surface area is 182 Å². The molecule has 1 aromatic heterocycles. The minimum Gasteiger partial charge on any atom is -0.467 e. The average molecular weight is 446 g/mol. The van der Waals surface area contributed by atoms with Crippen LogP contribution in [0.5, 0.6) is 0 Å². The van der Waals surface area contributed by atoms with Crippen LogP contribution in [-0.2, 0) is 21.4 Å². The summed E-state index contributed by atoms with van der Waals surface area (Å²) in [4.78, 5) is 27.2. The zero-order chi connectivity index (χ0) is 21.8. The largest absolute Gasteiger partial charge is 0.467 e. The molecule has 0 bridgehead atoms. The lowest BCUT2D eigenvalue weighted by atomic mass is 9.95. The predicted octanol–water partition coefficient (Wildman–Crippen LogP) is 2.23. The van der Waals surface area contributed by atoms with E-state index >= 15 is 0 Å². The maximum Gasteiger partial charge on any atom is 0.253 e. The second-order valence-electron chi connectivity index (χ2n) is 8.00. The average Bonchev–Trinajstić information content (AvgIpc) is 3.52. The highest BCUT2D eigenvalue weighted by Crippen LogP contribution is 2.24. The molecule has 0 radical (unpaired) electrons. The molecule has 2 amide bonds. The van der Waals surface area contributed by atoms with Gasteiger partial charge in [-0.3, -0.25) is 9.59 Å². The summed E-state index contributed by atoms with van der Waals surface area (Å²) in [7, 11) is -3.57. The number of hydrogen-bond donors (Lipinski definition) is 1. The van der Waals surface area contributed by atoms with Gasteiger partial charge in [0.25, 0.3) is 5.91 Å². The van der Waals surface area contributed by atoms with Crippen LogP contribution in [0.3, 0.4) is 0 Å². The molecule has 166 valence electrons. The van der Waals surface area contributed by atoms with Gasteiger partial charge < -0.3 is 14.6 Å². The van der Waals surface area contributed by atoms with E-state index in [-0.39, 0.29) is 22.6 Å². The van der Waals surface area contributed by atoms with Crippen LogP contribution in [0.15, 0.2) is 52.0 Å². The number of amides is 2. The standard InChI is InChI=1S/C22H27N3O5S/c26-21(23-16-19-6-4-14-30-19)17-8-12-24(13-9-17)22(27)18-5-3-7-20(15-18)31(28,29)25-10-1-2-11-25/h3-7,14-15,17H,1-2,8-13,16H2,(H,23,26). The summed E-state index contributed by atoms with van der Waals surface area (Å²) in [6.07, 6.45) is 4.43. The summed E-state index contributed by atoms with van der Waals surface area (Å²) in [5.74, 6) is 0.306. The van der Waals surface area contributed by atoms with Crippen molar-refractivity contribution in [2.45, 2.75) is 37.1 Å². The van der Waals surface area contributed by atoms with Crippen LogP contribution in [-0.4, -0.2) is 55.6 Å². The number of piperidine rings is 1. The molecule has 31 heavy (non-hydrogen) atoms. The smallest absolute Gasteiger partial charge is 0.253 e. The highest BCUT2D eigenvalue weighted by atomic mass is 32.2. The van der Waals surface area contributed by atoms with Crippen molar-refractivity contribution in [1.29, 1.82) is 0 Å². The number of nitrogens with zero attached hydrogens (tertiary/aromatic N) is 2. The first-order valence-corrected chi connectivity index (χ1v) is 12.1. The van der Waals surface area contributed by atoms with Crippen molar-refractivity contribution in [3.8, 4) is 0 Å². The van der Waals surface area contributed by atoms with E-state index < -0.39 is 10.0 Å². The third kappa shape index (κ3) is 4.83. The zero-order valence-corrected chi connectivity index (χ0v) is 18.1. The summed E-state index contributed by atoms with van der Waals surface area (Å²) < 4.78 is 32.3. The van der Waals surface area contributed by atoms with Gasteiger partial charge in [-0.1, -0.05) is 6.07 Å². The summed E-state index contributed by atoms with van der Waals surface area (Å²) >= 11 is 0. The van der Waals surface area contributed by atoms with Crippen molar-refractivity contribution >= 4 is 21.8 Å². The number of carbonyl (C=O) groups excluding carboxylic acids is 2. The minimum atomic E-state index is -3.57. The highest BCUT2D eigenvalue weighted by Gasteiger charge is 2.30. The molecule has 8 nitrogen and oxygen atoms in total. The SMILES string of the molecule is O=C(NCc1ccco1)C1CCN(C(=O)c2cccc(S(=O)(=O)N3CCCC3)c2)CC1. The van der Waals surface area contributed by atoms with Crippen LogP contribution < -0.4 is 5.32 Å². The number of likely N-dealkylation sites (tertiary alicyclic amines) is 1. The van der Waals surface area contributed by atoms with Crippen molar-refractivity contribution in [3.63, 3.8) is 0 Å². The monoisotopic (exact) mass is 445 g/mol. The second kappa shape index (κ2) is 9.23. The van der Waals surface area contributed by atoms with Crippen LogP contribution in [0.4, 0.5) is 0 Å². The van der Waals surface area contributed by atoms with Gasteiger partial charge in [0.1, 0.15) is 5.76 Å². The lowest BCUT2D eigenvalue weighted by Crippen LogP contribution is -2.43. The number of sulfonamides is 1. The van der Waals surface area contributed by atoms with E-state index in [2.05, 4.69) is 5.32 Å². The topological polar surface area (TPSA) is 99.9 Å². The molecule has 0 aliphatic carbocycles. The van der Waals surface area contributed by atoms with E-state index in [1.54, 1.807) is 41.5 Å². The maximum atomic E-state index is 13.0. The van der Waals surface area contributed by atoms with Crippen LogP contribution in [0, 0.1) is 5.92 Å². The van der Waals surface area contributed by atoms with Gasteiger partial charge in [-0.25, -0.2) is 8.42 Å². The van der Waals surface area contributed by atoms with Crippen LogP contribution in [0.25, 0.3) is 0 Å². The fourth-order valence-electron chi connectivity index (χ4n) is 4.13. The normalized spacial score (nSPS) is 18.3. The van der Waals surface area contributed by atoms with Gasteiger partial charge in [-0.15, -0.1) is 0 Å². The zero-order valence-electron chi connectivity index (χ0n) is 17.3. The highest BCUT2D eigenvalue weighted by molar-refractivity contribution is 7.89. The molecule has 1 aromatic carbocycles. The fourth-order valence-corrected chi connectivity index (χ4v) is 5.69. The van der Waals surface area contributed by atoms with Crippen molar-refractivity contribution in [2.75, 3.05) is 26.2 Å². The Balaban J connectivity index is 1.35. The Morgan fingerprint density at radius 3 is 2.45 bits per heavy atom. The van der Waals surface area contributed by atoms with Crippen molar-refractivity contribution < 1.29 is 22.4 Å². The number of carbonyl (C=O) groups is 2. The Hall–Kier alpha value is -2.65. The van der Waals surface area contributed by atoms with Gasteiger partial charge in [0.2, 0.25) is 15.9 Å². The maximum absolute atomic E-state index is 13.0.